The summed E-state index contributed by atoms with van der Waals surface area (Å²) in [7, 11) is 0. The van der Waals surface area contributed by atoms with Crippen LogP contribution in [0.15, 0.2) is 12.3 Å². The van der Waals surface area contributed by atoms with Gasteiger partial charge in [0.2, 0.25) is 0 Å². The SMILES string of the molecule is CCc1cc(C#N)cnc1C(=O)OC(C)(C)C. The molecule has 1 aromatic rings. The molecule has 4 heteroatoms. The van der Waals surface area contributed by atoms with Gasteiger partial charge in [-0.2, -0.15) is 5.26 Å². The Labute approximate surface area is 101 Å². The molecule has 4 nitrogen and oxygen atoms in total. The average Bonchev–Trinajstić information content (AvgIpc) is 2.25. The summed E-state index contributed by atoms with van der Waals surface area (Å²) in [6.07, 6.45) is 2.02. The van der Waals surface area contributed by atoms with Crippen molar-refractivity contribution in [3.05, 3.63) is 29.1 Å². The van der Waals surface area contributed by atoms with E-state index in [-0.39, 0.29) is 0 Å². The Hall–Kier alpha value is -1.89. The van der Waals surface area contributed by atoms with Crippen LogP contribution in [0.2, 0.25) is 0 Å². The summed E-state index contributed by atoms with van der Waals surface area (Å²) < 4.78 is 5.26. The Morgan fingerprint density at radius 1 is 1.53 bits per heavy atom. The Balaban J connectivity index is 3.06. The number of pyridine rings is 1. The third-order valence-electron chi connectivity index (χ3n) is 2.07. The maximum absolute atomic E-state index is 11.9. The van der Waals surface area contributed by atoms with E-state index in [1.165, 1.54) is 6.20 Å². The number of nitrogens with zero attached hydrogens (tertiary/aromatic N) is 2. The Morgan fingerprint density at radius 2 is 2.18 bits per heavy atom. The number of ether oxygens (including phenoxy) is 1. The topological polar surface area (TPSA) is 63.0 Å². The van der Waals surface area contributed by atoms with Gasteiger partial charge < -0.3 is 4.74 Å². The fraction of sp³-hybridized carbons (Fsp3) is 0.462. The summed E-state index contributed by atoms with van der Waals surface area (Å²) >= 11 is 0. The molecule has 0 saturated heterocycles. The van der Waals surface area contributed by atoms with E-state index < -0.39 is 11.6 Å². The summed E-state index contributed by atoms with van der Waals surface area (Å²) in [5.41, 5.74) is 0.936. The van der Waals surface area contributed by atoms with Crippen molar-refractivity contribution >= 4 is 5.97 Å². The van der Waals surface area contributed by atoms with Crippen LogP contribution in [0.1, 0.15) is 49.3 Å². The van der Waals surface area contributed by atoms with Crippen molar-refractivity contribution in [1.29, 1.82) is 5.26 Å². The first-order valence-electron chi connectivity index (χ1n) is 5.49. The Morgan fingerprint density at radius 3 is 2.65 bits per heavy atom. The lowest BCUT2D eigenvalue weighted by atomic mass is 10.1. The number of aryl methyl sites for hydroxylation is 1. The van der Waals surface area contributed by atoms with Gasteiger partial charge in [-0.25, -0.2) is 9.78 Å². The number of carbonyl (C=O) groups excluding carboxylic acids is 1. The molecular weight excluding hydrogens is 216 g/mol. The monoisotopic (exact) mass is 232 g/mol. The van der Waals surface area contributed by atoms with Crippen LogP contribution in [0.5, 0.6) is 0 Å². The number of hydrogen-bond donors (Lipinski definition) is 0. The molecule has 0 aliphatic rings. The minimum atomic E-state index is -0.544. The molecule has 1 heterocycles. The molecule has 1 aromatic heterocycles. The molecule has 90 valence electrons. The molecular formula is C13H16N2O2. The van der Waals surface area contributed by atoms with Gasteiger partial charge in [-0.1, -0.05) is 6.92 Å². The highest BCUT2D eigenvalue weighted by molar-refractivity contribution is 5.89. The molecule has 0 N–H and O–H groups in total. The Kier molecular flexibility index (Phi) is 3.84. The van der Waals surface area contributed by atoms with E-state index in [1.807, 2.05) is 13.0 Å². The molecule has 0 radical (unpaired) electrons. The van der Waals surface area contributed by atoms with Crippen molar-refractivity contribution in [2.75, 3.05) is 0 Å². The van der Waals surface area contributed by atoms with Crippen LogP contribution >= 0.6 is 0 Å². The van der Waals surface area contributed by atoms with Gasteiger partial charge in [0.25, 0.3) is 0 Å². The number of carbonyl (C=O) groups is 1. The van der Waals surface area contributed by atoms with Crippen LogP contribution < -0.4 is 0 Å². The summed E-state index contributed by atoms with van der Waals surface area (Å²) in [5, 5.41) is 8.77. The quantitative estimate of drug-likeness (QED) is 0.735. The molecule has 1 rings (SSSR count). The summed E-state index contributed by atoms with van der Waals surface area (Å²) in [6.45, 7) is 7.33. The van der Waals surface area contributed by atoms with Crippen LogP contribution in [0.3, 0.4) is 0 Å². The molecule has 0 saturated carbocycles. The molecule has 0 aromatic carbocycles. The van der Waals surface area contributed by atoms with Gasteiger partial charge in [0.15, 0.2) is 5.69 Å². The first-order valence-corrected chi connectivity index (χ1v) is 5.49. The lowest BCUT2D eigenvalue weighted by Gasteiger charge is -2.19. The number of rotatable bonds is 2. The summed E-state index contributed by atoms with van der Waals surface area (Å²) in [4.78, 5) is 15.9. The first-order chi connectivity index (χ1) is 7.87. The molecule has 0 atom stereocenters. The average molecular weight is 232 g/mol. The lowest BCUT2D eigenvalue weighted by Crippen LogP contribution is -2.25. The van der Waals surface area contributed by atoms with Crippen molar-refractivity contribution < 1.29 is 9.53 Å². The zero-order valence-corrected chi connectivity index (χ0v) is 10.6. The second-order valence-corrected chi connectivity index (χ2v) is 4.70. The van der Waals surface area contributed by atoms with Crippen molar-refractivity contribution in [2.24, 2.45) is 0 Å². The van der Waals surface area contributed by atoms with E-state index in [9.17, 15) is 4.79 Å². The van der Waals surface area contributed by atoms with E-state index in [0.29, 0.717) is 17.7 Å². The third kappa shape index (κ3) is 3.56. The molecule has 0 aliphatic heterocycles. The molecule has 0 unspecified atom stereocenters. The van der Waals surface area contributed by atoms with Gasteiger partial charge in [0.05, 0.1) is 5.56 Å². The van der Waals surface area contributed by atoms with Crippen molar-refractivity contribution in [3.8, 4) is 6.07 Å². The number of esters is 1. The van der Waals surface area contributed by atoms with Crippen LogP contribution in [0, 0.1) is 11.3 Å². The van der Waals surface area contributed by atoms with Gasteiger partial charge in [-0.3, -0.25) is 0 Å². The minimum absolute atomic E-state index is 0.293. The van der Waals surface area contributed by atoms with Crippen LogP contribution in [-0.2, 0) is 11.2 Å². The number of hydrogen-bond acceptors (Lipinski definition) is 4. The highest BCUT2D eigenvalue weighted by Crippen LogP contribution is 2.15. The number of aromatic nitrogens is 1. The van der Waals surface area contributed by atoms with Crippen molar-refractivity contribution in [3.63, 3.8) is 0 Å². The minimum Gasteiger partial charge on any atom is -0.455 e. The largest absolute Gasteiger partial charge is 0.455 e. The molecule has 0 bridgehead atoms. The van der Waals surface area contributed by atoms with Crippen molar-refractivity contribution in [1.82, 2.24) is 4.98 Å². The second-order valence-electron chi connectivity index (χ2n) is 4.70. The van der Waals surface area contributed by atoms with Crippen LogP contribution in [0.25, 0.3) is 0 Å². The maximum atomic E-state index is 11.9. The van der Waals surface area contributed by atoms with Gasteiger partial charge in [0, 0.05) is 6.20 Å². The van der Waals surface area contributed by atoms with Gasteiger partial charge in [-0.15, -0.1) is 0 Å². The third-order valence-corrected chi connectivity index (χ3v) is 2.07. The van der Waals surface area contributed by atoms with E-state index >= 15 is 0 Å². The fourth-order valence-electron chi connectivity index (χ4n) is 1.35. The smallest absolute Gasteiger partial charge is 0.357 e. The standard InChI is InChI=1S/C13H16N2O2/c1-5-10-6-9(7-14)8-15-11(10)12(16)17-13(2,3)4/h6,8H,5H2,1-4H3. The van der Waals surface area contributed by atoms with Gasteiger partial charge in [-0.05, 0) is 38.8 Å². The van der Waals surface area contributed by atoms with Crippen LogP contribution in [-0.4, -0.2) is 16.6 Å². The maximum Gasteiger partial charge on any atom is 0.357 e. The Bertz CT molecular complexity index is 467. The van der Waals surface area contributed by atoms with E-state index in [0.717, 1.165) is 5.56 Å². The van der Waals surface area contributed by atoms with Gasteiger partial charge in [0.1, 0.15) is 11.7 Å². The van der Waals surface area contributed by atoms with E-state index in [2.05, 4.69) is 4.98 Å². The van der Waals surface area contributed by atoms with E-state index in [4.69, 9.17) is 10.00 Å². The molecule has 0 spiro atoms. The molecule has 0 amide bonds. The highest BCUT2D eigenvalue weighted by Gasteiger charge is 2.21. The summed E-state index contributed by atoms with van der Waals surface area (Å²) in [6, 6.07) is 3.67. The zero-order valence-electron chi connectivity index (χ0n) is 10.6. The highest BCUT2D eigenvalue weighted by atomic mass is 16.6. The first kappa shape index (κ1) is 13.2. The van der Waals surface area contributed by atoms with Crippen LogP contribution in [0.4, 0.5) is 0 Å². The fourth-order valence-corrected chi connectivity index (χ4v) is 1.35. The summed E-state index contributed by atoms with van der Waals surface area (Å²) in [5.74, 6) is -0.446. The number of nitriles is 1. The molecule has 0 aliphatic carbocycles. The second kappa shape index (κ2) is 4.96. The van der Waals surface area contributed by atoms with Crippen molar-refractivity contribution in [2.45, 2.75) is 39.7 Å². The normalized spacial score (nSPS) is 10.8. The van der Waals surface area contributed by atoms with E-state index in [1.54, 1.807) is 26.8 Å². The molecule has 0 fully saturated rings. The predicted octanol–water partition coefficient (Wildman–Crippen LogP) is 2.47. The molecule has 17 heavy (non-hydrogen) atoms. The predicted molar refractivity (Wildman–Crippen MR) is 63.5 cm³/mol. The lowest BCUT2D eigenvalue weighted by molar-refractivity contribution is 0.00616. The zero-order chi connectivity index (χ0) is 13.1. The van der Waals surface area contributed by atoms with Gasteiger partial charge >= 0.3 is 5.97 Å².